The molecule has 0 aliphatic heterocycles. The molecule has 0 amide bonds. The highest BCUT2D eigenvalue weighted by Gasteiger charge is 2.35. The number of hydrogen-bond acceptors (Lipinski definition) is 4. The average Bonchev–Trinajstić information content (AvgIpc) is 2.54. The van der Waals surface area contributed by atoms with Crippen molar-refractivity contribution in [1.29, 1.82) is 0 Å². The Balaban J connectivity index is 2.12. The van der Waals surface area contributed by atoms with Crippen molar-refractivity contribution in [1.82, 2.24) is 0 Å². The molecule has 0 spiro atoms. The number of rotatable bonds is 8. The molecular weight excluding hydrogens is 381 g/mol. The highest BCUT2D eigenvalue weighted by atomic mass is 32.4. The molecule has 0 bridgehead atoms. The molecule has 2 aromatic carbocycles. The Morgan fingerprint density at radius 2 is 1.04 bits per heavy atom. The fourth-order valence-electron chi connectivity index (χ4n) is 3.10. The average molecular weight is 409 g/mol. The Bertz CT molecular complexity index is 646. The van der Waals surface area contributed by atoms with Crippen LogP contribution in [0, 0.1) is 0 Å². The van der Waals surface area contributed by atoms with Crippen LogP contribution in [0.1, 0.15) is 0 Å². The van der Waals surface area contributed by atoms with Crippen molar-refractivity contribution in [3.8, 4) is 11.5 Å². The zero-order valence-corrected chi connectivity index (χ0v) is 19.6. The molecule has 0 aliphatic carbocycles. The zero-order valence-electron chi connectivity index (χ0n) is 16.0. The van der Waals surface area contributed by atoms with Gasteiger partial charge in [-0.1, -0.05) is 50.5 Å². The summed E-state index contributed by atoms with van der Waals surface area (Å²) in [6.07, 6.45) is 0. The summed E-state index contributed by atoms with van der Waals surface area (Å²) >= 11 is 4.10. The van der Waals surface area contributed by atoms with Gasteiger partial charge >= 0.3 is 0 Å². The lowest BCUT2D eigenvalue weighted by atomic mass is 10.3. The van der Waals surface area contributed by atoms with Gasteiger partial charge in [0.1, 0.15) is 25.9 Å². The summed E-state index contributed by atoms with van der Waals surface area (Å²) in [6.45, 7) is 9.90. The summed E-state index contributed by atoms with van der Waals surface area (Å²) < 4.78 is 11.1. The van der Waals surface area contributed by atoms with Gasteiger partial charge in [0.2, 0.25) is 0 Å². The van der Waals surface area contributed by atoms with Gasteiger partial charge in [-0.3, -0.25) is 0 Å². The van der Waals surface area contributed by atoms with Crippen LogP contribution in [0.15, 0.2) is 58.3 Å². The Morgan fingerprint density at radius 1 is 0.680 bits per heavy atom. The first-order valence-electron chi connectivity index (χ1n) is 8.40. The van der Waals surface area contributed by atoms with Gasteiger partial charge in [-0.25, -0.2) is 0 Å². The van der Waals surface area contributed by atoms with Crippen LogP contribution in [0.25, 0.3) is 0 Å². The third kappa shape index (κ3) is 6.13. The van der Waals surface area contributed by atoms with E-state index in [0.29, 0.717) is 0 Å². The standard InChI is InChI=1S/C19H28O2S2Si2/c1-20-16-11-7-9-13-18(16)22-24(3,4)15-25(5,6)23-19-14-10-8-12-17(19)21-2/h7-14H,15H2,1-6H3. The summed E-state index contributed by atoms with van der Waals surface area (Å²) in [7, 11) is 0.564. The first kappa shape index (κ1) is 20.5. The molecule has 0 heterocycles. The molecule has 0 saturated carbocycles. The van der Waals surface area contributed by atoms with Crippen LogP contribution in [-0.4, -0.2) is 28.7 Å². The van der Waals surface area contributed by atoms with Gasteiger partial charge in [0.15, 0.2) is 0 Å². The molecular formula is C19H28O2S2Si2. The van der Waals surface area contributed by atoms with Crippen LogP contribution in [0.3, 0.4) is 0 Å². The van der Waals surface area contributed by atoms with Gasteiger partial charge in [0.05, 0.1) is 14.2 Å². The first-order valence-corrected chi connectivity index (χ1v) is 17.9. The van der Waals surface area contributed by atoms with Crippen LogP contribution in [0.5, 0.6) is 11.5 Å². The Morgan fingerprint density at radius 3 is 1.40 bits per heavy atom. The van der Waals surface area contributed by atoms with E-state index in [0.717, 1.165) is 11.5 Å². The van der Waals surface area contributed by atoms with Crippen LogP contribution < -0.4 is 9.47 Å². The predicted octanol–water partition coefficient (Wildman–Crippen LogP) is 6.54. The van der Waals surface area contributed by atoms with Crippen molar-refractivity contribution in [2.75, 3.05) is 14.2 Å². The van der Waals surface area contributed by atoms with Crippen molar-refractivity contribution in [3.63, 3.8) is 0 Å². The molecule has 0 N–H and O–H groups in total. The number of hydrogen-bond donors (Lipinski definition) is 0. The quantitative estimate of drug-likeness (QED) is 0.461. The second kappa shape index (κ2) is 8.71. The largest absolute Gasteiger partial charge is 0.496 e. The van der Waals surface area contributed by atoms with E-state index in [4.69, 9.17) is 9.47 Å². The minimum Gasteiger partial charge on any atom is -0.496 e. The van der Waals surface area contributed by atoms with E-state index in [1.165, 1.54) is 15.5 Å². The van der Waals surface area contributed by atoms with Crippen LogP contribution in [0.4, 0.5) is 0 Å². The molecule has 0 unspecified atom stereocenters. The lowest BCUT2D eigenvalue weighted by molar-refractivity contribution is 0.405. The van der Waals surface area contributed by atoms with Gasteiger partial charge < -0.3 is 9.47 Å². The van der Waals surface area contributed by atoms with Crippen molar-refractivity contribution < 1.29 is 9.47 Å². The van der Waals surface area contributed by atoms with Crippen LogP contribution >= 0.6 is 22.4 Å². The van der Waals surface area contributed by atoms with Gasteiger partial charge in [-0.05, 0) is 29.9 Å². The highest BCUT2D eigenvalue weighted by molar-refractivity contribution is 8.32. The second-order valence-corrected chi connectivity index (χ2v) is 24.8. The van der Waals surface area contributed by atoms with E-state index in [9.17, 15) is 0 Å². The number of para-hydroxylation sites is 2. The lowest BCUT2D eigenvalue weighted by Crippen LogP contribution is -2.35. The summed E-state index contributed by atoms with van der Waals surface area (Å²) in [5.41, 5.74) is 1.32. The minimum atomic E-state index is -1.47. The summed E-state index contributed by atoms with van der Waals surface area (Å²) in [4.78, 5) is 2.54. The normalized spacial score (nSPS) is 12.1. The highest BCUT2D eigenvalue weighted by Crippen LogP contribution is 2.44. The van der Waals surface area contributed by atoms with E-state index in [1.54, 1.807) is 14.2 Å². The van der Waals surface area contributed by atoms with Gasteiger partial charge in [0, 0.05) is 9.79 Å². The van der Waals surface area contributed by atoms with Gasteiger partial charge in [0.25, 0.3) is 0 Å². The summed E-state index contributed by atoms with van der Waals surface area (Å²) in [5, 5.41) is 0. The molecule has 25 heavy (non-hydrogen) atoms. The van der Waals surface area contributed by atoms with Crippen molar-refractivity contribution in [3.05, 3.63) is 48.5 Å². The molecule has 0 aliphatic rings. The Hall–Kier alpha value is -0.826. The predicted molar refractivity (Wildman–Crippen MR) is 117 cm³/mol. The van der Waals surface area contributed by atoms with E-state index in [-0.39, 0.29) is 0 Å². The van der Waals surface area contributed by atoms with E-state index in [2.05, 4.69) is 62.6 Å². The Kier molecular flexibility index (Phi) is 7.13. The topological polar surface area (TPSA) is 18.5 Å². The van der Waals surface area contributed by atoms with Gasteiger partial charge in [-0.15, -0.1) is 22.4 Å². The van der Waals surface area contributed by atoms with Crippen molar-refractivity contribution in [2.45, 2.75) is 41.6 Å². The maximum atomic E-state index is 5.54. The van der Waals surface area contributed by atoms with Crippen molar-refractivity contribution >= 4 is 36.9 Å². The number of ether oxygens (including phenoxy) is 2. The number of benzene rings is 2. The van der Waals surface area contributed by atoms with E-state index in [1.807, 2.05) is 34.6 Å². The molecule has 2 rings (SSSR count). The molecule has 0 radical (unpaired) electrons. The molecule has 2 nitrogen and oxygen atoms in total. The second-order valence-electron chi connectivity index (χ2n) is 7.20. The maximum Gasteiger partial charge on any atom is 0.131 e. The number of methoxy groups -OCH3 is 2. The fraction of sp³-hybridized carbons (Fsp3) is 0.368. The van der Waals surface area contributed by atoms with E-state index >= 15 is 0 Å². The van der Waals surface area contributed by atoms with Gasteiger partial charge in [-0.2, -0.15) is 0 Å². The fourth-order valence-corrected chi connectivity index (χ4v) is 27.1. The van der Waals surface area contributed by atoms with E-state index < -0.39 is 14.4 Å². The molecule has 0 aromatic heterocycles. The maximum absolute atomic E-state index is 5.54. The monoisotopic (exact) mass is 408 g/mol. The van der Waals surface area contributed by atoms with Crippen molar-refractivity contribution in [2.24, 2.45) is 0 Å². The summed E-state index contributed by atoms with van der Waals surface area (Å²) in [5.74, 6) is 1.98. The minimum absolute atomic E-state index is 0.991. The molecule has 6 heteroatoms. The molecule has 0 fully saturated rings. The third-order valence-electron chi connectivity index (χ3n) is 3.76. The zero-order chi connectivity index (χ0) is 18.5. The summed E-state index contributed by atoms with van der Waals surface area (Å²) in [6, 6.07) is 16.7. The molecule has 0 saturated heterocycles. The van der Waals surface area contributed by atoms with Crippen LogP contribution in [-0.2, 0) is 0 Å². The third-order valence-corrected chi connectivity index (χ3v) is 20.0. The Labute approximate surface area is 162 Å². The molecule has 2 aromatic rings. The molecule has 0 atom stereocenters. The molecule has 136 valence electrons. The SMILES string of the molecule is COc1ccccc1S[Si](C)(C)C[Si](C)(C)Sc1ccccc1OC. The lowest BCUT2D eigenvalue weighted by Gasteiger charge is -2.31. The van der Waals surface area contributed by atoms with Crippen LogP contribution in [0.2, 0.25) is 31.9 Å². The first-order chi connectivity index (χ1) is 11.8. The smallest absolute Gasteiger partial charge is 0.131 e.